The van der Waals surface area contributed by atoms with E-state index in [4.69, 9.17) is 16.7 Å². The van der Waals surface area contributed by atoms with Gasteiger partial charge in [-0.2, -0.15) is 8.78 Å². The van der Waals surface area contributed by atoms with E-state index in [1.807, 2.05) is 15.9 Å². The van der Waals surface area contributed by atoms with Crippen molar-refractivity contribution in [3.8, 4) is 11.8 Å². The average Bonchev–Trinajstić information content (AvgIpc) is 1.59. The summed E-state index contributed by atoms with van der Waals surface area (Å²) in [6.45, 7) is 0. The first kappa shape index (κ1) is 9.15. The summed E-state index contributed by atoms with van der Waals surface area (Å²) >= 11 is 6.74. The van der Waals surface area contributed by atoms with Crippen LogP contribution in [0, 0.1) is 11.8 Å². The van der Waals surface area contributed by atoms with Gasteiger partial charge in [0, 0.05) is 15.9 Å². The van der Waals surface area contributed by atoms with Gasteiger partial charge >= 0.3 is 4.83 Å². The second kappa shape index (κ2) is 3.35. The number of aliphatic hydroxyl groups excluding tert-OH is 1. The van der Waals surface area contributed by atoms with Crippen LogP contribution in [0.15, 0.2) is 0 Å². The third-order valence-corrected chi connectivity index (χ3v) is 0.640. The second-order valence-corrected chi connectivity index (χ2v) is 2.51. The molecule has 0 aromatic carbocycles. The molecule has 0 amide bonds. The fourth-order valence-corrected chi connectivity index (χ4v) is 0.310. The second-order valence-electron chi connectivity index (χ2n) is 1.10. The van der Waals surface area contributed by atoms with E-state index in [2.05, 4.69) is 0 Å². The lowest BCUT2D eigenvalue weighted by molar-refractivity contribution is 0.182. The molecule has 0 aliphatic rings. The smallest absolute Gasteiger partial charge is 0.363 e. The standard InChI is InChI=1S/C4H2BrClF2O/c5-4(7,8)2-1-3(6)9/h3,9H. The molecule has 1 N–H and O–H groups in total. The van der Waals surface area contributed by atoms with E-state index in [1.165, 1.54) is 5.92 Å². The van der Waals surface area contributed by atoms with E-state index in [0.717, 1.165) is 0 Å². The fourth-order valence-electron chi connectivity index (χ4n) is 0.141. The largest absolute Gasteiger partial charge is 0.367 e. The van der Waals surface area contributed by atoms with E-state index in [0.29, 0.717) is 0 Å². The summed E-state index contributed by atoms with van der Waals surface area (Å²) in [4.78, 5) is -3.26. The van der Waals surface area contributed by atoms with E-state index in [9.17, 15) is 8.78 Å². The molecule has 0 fully saturated rings. The lowest BCUT2D eigenvalue weighted by Crippen LogP contribution is -2.00. The zero-order valence-corrected chi connectivity index (χ0v) is 6.38. The molecule has 1 unspecified atom stereocenters. The highest BCUT2D eigenvalue weighted by atomic mass is 79.9. The van der Waals surface area contributed by atoms with Crippen molar-refractivity contribution >= 4 is 27.5 Å². The Morgan fingerprint density at radius 2 is 2.11 bits per heavy atom. The number of alkyl halides is 4. The monoisotopic (exact) mass is 218 g/mol. The molecule has 5 heteroatoms. The maximum absolute atomic E-state index is 11.7. The van der Waals surface area contributed by atoms with Crippen LogP contribution in [-0.4, -0.2) is 15.5 Å². The van der Waals surface area contributed by atoms with E-state index in [1.54, 1.807) is 5.92 Å². The maximum Gasteiger partial charge on any atom is 0.363 e. The van der Waals surface area contributed by atoms with Gasteiger partial charge in [0.05, 0.1) is 0 Å². The Labute approximate surface area is 64.1 Å². The van der Waals surface area contributed by atoms with Gasteiger partial charge in [-0.1, -0.05) is 11.6 Å². The molecule has 9 heavy (non-hydrogen) atoms. The molecule has 0 aromatic rings. The van der Waals surface area contributed by atoms with Crippen LogP contribution < -0.4 is 0 Å². The molecule has 0 aliphatic carbocycles. The van der Waals surface area contributed by atoms with Crippen molar-refractivity contribution in [2.24, 2.45) is 0 Å². The van der Waals surface area contributed by atoms with E-state index >= 15 is 0 Å². The molecule has 0 saturated heterocycles. The van der Waals surface area contributed by atoms with Gasteiger partial charge in [0.1, 0.15) is 0 Å². The van der Waals surface area contributed by atoms with Crippen molar-refractivity contribution in [1.29, 1.82) is 0 Å². The lowest BCUT2D eigenvalue weighted by Gasteiger charge is -1.94. The fraction of sp³-hybridized carbons (Fsp3) is 0.500. The molecule has 0 spiro atoms. The zero-order valence-electron chi connectivity index (χ0n) is 4.04. The van der Waals surface area contributed by atoms with Gasteiger partial charge in [-0.05, 0) is 11.8 Å². The van der Waals surface area contributed by atoms with Crippen molar-refractivity contribution < 1.29 is 13.9 Å². The SMILES string of the molecule is OC(Cl)C#CC(F)(F)Br. The Morgan fingerprint density at radius 1 is 1.67 bits per heavy atom. The van der Waals surface area contributed by atoms with Crippen LogP contribution >= 0.6 is 27.5 Å². The Bertz CT molecular complexity index is 143. The Hall–Kier alpha value is 0.150. The predicted octanol–water partition coefficient (Wildman–Crippen LogP) is 1.53. The number of rotatable bonds is 0. The topological polar surface area (TPSA) is 20.2 Å². The first-order valence-corrected chi connectivity index (χ1v) is 3.06. The summed E-state index contributed by atoms with van der Waals surface area (Å²) in [5.41, 5.74) is -1.53. The molecule has 0 rings (SSSR count). The van der Waals surface area contributed by atoms with Gasteiger partial charge in [-0.25, -0.2) is 0 Å². The zero-order chi connectivity index (χ0) is 7.49. The summed E-state index contributed by atoms with van der Waals surface area (Å²) in [6.07, 6.45) is 0. The number of hydrogen-bond donors (Lipinski definition) is 1. The van der Waals surface area contributed by atoms with Crippen molar-refractivity contribution in [2.75, 3.05) is 0 Å². The molecule has 0 heterocycles. The maximum atomic E-state index is 11.7. The first-order chi connectivity index (χ1) is 3.92. The summed E-state index contributed by atoms with van der Waals surface area (Å²) in [5.74, 6) is 3.03. The molecule has 0 bridgehead atoms. The summed E-state index contributed by atoms with van der Waals surface area (Å²) in [5, 5.41) is 8.15. The van der Waals surface area contributed by atoms with Crippen LogP contribution in [-0.2, 0) is 0 Å². The average molecular weight is 219 g/mol. The highest BCUT2D eigenvalue weighted by Crippen LogP contribution is 2.19. The minimum absolute atomic E-state index is 1.37. The Morgan fingerprint density at radius 3 is 2.22 bits per heavy atom. The summed E-state index contributed by atoms with van der Waals surface area (Å²) in [7, 11) is 0. The number of aliphatic hydroxyl groups is 1. The number of halogens is 4. The predicted molar refractivity (Wildman–Crippen MR) is 33.5 cm³/mol. The lowest BCUT2D eigenvalue weighted by atomic mass is 10.6. The minimum Gasteiger partial charge on any atom is -0.367 e. The molecule has 0 saturated carbocycles. The normalized spacial score (nSPS) is 13.9. The van der Waals surface area contributed by atoms with Gasteiger partial charge in [0.15, 0.2) is 5.56 Å². The molecule has 0 radical (unpaired) electrons. The van der Waals surface area contributed by atoms with Gasteiger partial charge in [-0.15, -0.1) is 0 Å². The van der Waals surface area contributed by atoms with Crippen LogP contribution in [0.1, 0.15) is 0 Å². The first-order valence-electron chi connectivity index (χ1n) is 1.83. The van der Waals surface area contributed by atoms with Crippen molar-refractivity contribution in [3.63, 3.8) is 0 Å². The van der Waals surface area contributed by atoms with Crippen LogP contribution in [0.5, 0.6) is 0 Å². The van der Waals surface area contributed by atoms with E-state index in [-0.39, 0.29) is 0 Å². The van der Waals surface area contributed by atoms with Gasteiger partial charge in [-0.3, -0.25) is 0 Å². The van der Waals surface area contributed by atoms with E-state index < -0.39 is 10.4 Å². The molecule has 52 valence electrons. The van der Waals surface area contributed by atoms with Crippen LogP contribution in [0.25, 0.3) is 0 Å². The molecule has 0 aromatic heterocycles. The quantitative estimate of drug-likeness (QED) is 0.484. The van der Waals surface area contributed by atoms with Crippen molar-refractivity contribution in [2.45, 2.75) is 10.4 Å². The molecule has 0 aliphatic heterocycles. The molecular formula is C4H2BrClF2O. The highest BCUT2D eigenvalue weighted by Gasteiger charge is 2.18. The third-order valence-electron chi connectivity index (χ3n) is 0.333. The number of hydrogen-bond acceptors (Lipinski definition) is 1. The molecule has 1 atom stereocenters. The van der Waals surface area contributed by atoms with Crippen LogP contribution in [0.3, 0.4) is 0 Å². The molecule has 1 nitrogen and oxygen atoms in total. The van der Waals surface area contributed by atoms with Crippen molar-refractivity contribution in [1.82, 2.24) is 0 Å². The third kappa shape index (κ3) is 8.15. The Balaban J connectivity index is 3.88. The van der Waals surface area contributed by atoms with Crippen LogP contribution in [0.2, 0.25) is 0 Å². The van der Waals surface area contributed by atoms with Gasteiger partial charge in [0.25, 0.3) is 0 Å². The van der Waals surface area contributed by atoms with Crippen molar-refractivity contribution in [3.05, 3.63) is 0 Å². The van der Waals surface area contributed by atoms with Gasteiger partial charge in [0.2, 0.25) is 0 Å². The highest BCUT2D eigenvalue weighted by molar-refractivity contribution is 9.10. The Kier molecular flexibility index (Phi) is 3.41. The summed E-state index contributed by atoms with van der Waals surface area (Å²) in [6, 6.07) is 0. The minimum atomic E-state index is -3.26. The molecular weight excluding hydrogens is 217 g/mol. The summed E-state index contributed by atoms with van der Waals surface area (Å²) < 4.78 is 23.3. The van der Waals surface area contributed by atoms with Crippen LogP contribution in [0.4, 0.5) is 8.78 Å². The van der Waals surface area contributed by atoms with Gasteiger partial charge < -0.3 is 5.11 Å².